The van der Waals surface area contributed by atoms with Crippen molar-refractivity contribution in [3.05, 3.63) is 0 Å². The summed E-state index contributed by atoms with van der Waals surface area (Å²) in [7, 11) is 0. The largest absolute Gasteiger partial charge is 0.391 e. The predicted molar refractivity (Wildman–Crippen MR) is 31.4 cm³/mol. The van der Waals surface area contributed by atoms with E-state index in [-0.39, 0.29) is 18.9 Å². The second-order valence-corrected chi connectivity index (χ2v) is 2.81. The average molecular weight is 153 g/mol. The SMILES string of the molecule is N[C@H]1CC[C@H](C(F)(F)F)C1. The van der Waals surface area contributed by atoms with Gasteiger partial charge in [-0.3, -0.25) is 0 Å². The van der Waals surface area contributed by atoms with Gasteiger partial charge in [-0.2, -0.15) is 13.2 Å². The summed E-state index contributed by atoms with van der Waals surface area (Å²) in [5.41, 5.74) is 5.32. The fourth-order valence-electron chi connectivity index (χ4n) is 1.31. The van der Waals surface area contributed by atoms with E-state index in [1.54, 1.807) is 0 Å². The van der Waals surface area contributed by atoms with E-state index in [1.807, 2.05) is 0 Å². The molecule has 0 spiro atoms. The van der Waals surface area contributed by atoms with Gasteiger partial charge in [0.1, 0.15) is 0 Å². The molecular formula is C6H10F3N. The van der Waals surface area contributed by atoms with Gasteiger partial charge in [0.15, 0.2) is 0 Å². The first-order valence-electron chi connectivity index (χ1n) is 3.32. The number of rotatable bonds is 0. The average Bonchev–Trinajstić information content (AvgIpc) is 2.11. The normalized spacial score (nSPS) is 34.8. The van der Waals surface area contributed by atoms with Crippen LogP contribution in [0.1, 0.15) is 19.3 Å². The molecule has 1 nitrogen and oxygen atoms in total. The summed E-state index contributed by atoms with van der Waals surface area (Å²) in [5.74, 6) is -1.14. The van der Waals surface area contributed by atoms with Crippen molar-refractivity contribution in [2.45, 2.75) is 31.5 Å². The smallest absolute Gasteiger partial charge is 0.328 e. The van der Waals surface area contributed by atoms with Crippen LogP contribution in [0.3, 0.4) is 0 Å². The van der Waals surface area contributed by atoms with Crippen molar-refractivity contribution in [3.63, 3.8) is 0 Å². The van der Waals surface area contributed by atoms with E-state index in [2.05, 4.69) is 0 Å². The summed E-state index contributed by atoms with van der Waals surface area (Å²) < 4.78 is 35.6. The Balaban J connectivity index is 2.45. The molecule has 2 N–H and O–H groups in total. The van der Waals surface area contributed by atoms with Crippen LogP contribution in [-0.2, 0) is 0 Å². The third kappa shape index (κ3) is 1.62. The lowest BCUT2D eigenvalue weighted by molar-refractivity contribution is -0.172. The van der Waals surface area contributed by atoms with Gasteiger partial charge >= 0.3 is 6.18 Å². The zero-order valence-electron chi connectivity index (χ0n) is 5.49. The molecule has 1 saturated carbocycles. The van der Waals surface area contributed by atoms with Crippen LogP contribution in [0, 0.1) is 5.92 Å². The fraction of sp³-hybridized carbons (Fsp3) is 1.00. The van der Waals surface area contributed by atoms with E-state index in [0.717, 1.165) is 0 Å². The van der Waals surface area contributed by atoms with E-state index in [1.165, 1.54) is 0 Å². The monoisotopic (exact) mass is 153 g/mol. The van der Waals surface area contributed by atoms with Crippen LogP contribution in [-0.4, -0.2) is 12.2 Å². The lowest BCUT2D eigenvalue weighted by atomic mass is 10.1. The summed E-state index contributed by atoms with van der Waals surface area (Å²) in [6, 6.07) is -0.230. The quantitative estimate of drug-likeness (QED) is 0.563. The van der Waals surface area contributed by atoms with Crippen molar-refractivity contribution in [3.8, 4) is 0 Å². The molecule has 0 saturated heterocycles. The number of nitrogens with two attached hydrogens (primary N) is 1. The third-order valence-electron chi connectivity index (χ3n) is 1.94. The minimum Gasteiger partial charge on any atom is -0.328 e. The molecule has 0 amide bonds. The van der Waals surface area contributed by atoms with Crippen molar-refractivity contribution in [2.24, 2.45) is 11.7 Å². The maximum Gasteiger partial charge on any atom is 0.391 e. The summed E-state index contributed by atoms with van der Waals surface area (Å²) in [6.45, 7) is 0. The Labute approximate surface area is 57.4 Å². The second kappa shape index (κ2) is 2.42. The molecule has 4 heteroatoms. The van der Waals surface area contributed by atoms with Crippen molar-refractivity contribution in [1.29, 1.82) is 0 Å². The highest BCUT2D eigenvalue weighted by Crippen LogP contribution is 2.37. The highest BCUT2D eigenvalue weighted by Gasteiger charge is 2.42. The third-order valence-corrected chi connectivity index (χ3v) is 1.94. The Morgan fingerprint density at radius 2 is 1.80 bits per heavy atom. The van der Waals surface area contributed by atoms with Gasteiger partial charge in [0.05, 0.1) is 5.92 Å². The first-order valence-corrected chi connectivity index (χ1v) is 3.32. The molecule has 0 aromatic carbocycles. The van der Waals surface area contributed by atoms with Gasteiger partial charge < -0.3 is 5.73 Å². The van der Waals surface area contributed by atoms with Crippen molar-refractivity contribution < 1.29 is 13.2 Å². The highest BCUT2D eigenvalue weighted by molar-refractivity contribution is 4.81. The first-order chi connectivity index (χ1) is 4.50. The number of alkyl halides is 3. The summed E-state index contributed by atoms with van der Waals surface area (Å²) in [5, 5.41) is 0. The van der Waals surface area contributed by atoms with Crippen LogP contribution in [0.2, 0.25) is 0 Å². The molecule has 10 heavy (non-hydrogen) atoms. The molecule has 1 rings (SSSR count). The van der Waals surface area contributed by atoms with E-state index in [0.29, 0.717) is 6.42 Å². The molecule has 2 atom stereocenters. The highest BCUT2D eigenvalue weighted by atomic mass is 19.4. The molecule has 0 aromatic rings. The Morgan fingerprint density at radius 3 is 2.00 bits per heavy atom. The summed E-state index contributed by atoms with van der Waals surface area (Å²) in [6.07, 6.45) is -3.17. The maximum atomic E-state index is 11.9. The molecule has 0 heterocycles. The minimum absolute atomic E-state index is 0.115. The van der Waals surface area contributed by atoms with Crippen LogP contribution >= 0.6 is 0 Å². The lowest BCUT2D eigenvalue weighted by Gasteiger charge is -2.12. The molecule has 0 radical (unpaired) electrons. The predicted octanol–water partition coefficient (Wildman–Crippen LogP) is 1.68. The fourth-order valence-corrected chi connectivity index (χ4v) is 1.31. The summed E-state index contributed by atoms with van der Waals surface area (Å²) in [4.78, 5) is 0. The van der Waals surface area contributed by atoms with Crippen LogP contribution in [0.4, 0.5) is 13.2 Å². The van der Waals surface area contributed by atoms with Crippen LogP contribution < -0.4 is 5.73 Å². The summed E-state index contributed by atoms with van der Waals surface area (Å²) >= 11 is 0. The second-order valence-electron chi connectivity index (χ2n) is 2.81. The lowest BCUT2D eigenvalue weighted by Crippen LogP contribution is -2.22. The molecule has 0 unspecified atom stereocenters. The van der Waals surface area contributed by atoms with Gasteiger partial charge in [-0.1, -0.05) is 0 Å². The van der Waals surface area contributed by atoms with Gasteiger partial charge in [-0.25, -0.2) is 0 Å². The standard InChI is InChI=1S/C6H10F3N/c7-6(8,9)4-1-2-5(10)3-4/h4-5H,1-3,10H2/t4-,5-/m0/s1. The van der Waals surface area contributed by atoms with Gasteiger partial charge in [0.2, 0.25) is 0 Å². The molecule has 1 aliphatic carbocycles. The zero-order chi connectivity index (χ0) is 7.78. The Bertz CT molecular complexity index is 121. The molecule has 1 fully saturated rings. The van der Waals surface area contributed by atoms with Crippen molar-refractivity contribution >= 4 is 0 Å². The minimum atomic E-state index is -4.02. The molecule has 0 aliphatic heterocycles. The van der Waals surface area contributed by atoms with Crippen LogP contribution in [0.15, 0.2) is 0 Å². The molecule has 60 valence electrons. The first kappa shape index (κ1) is 7.85. The van der Waals surface area contributed by atoms with E-state index in [4.69, 9.17) is 5.73 Å². The Hall–Kier alpha value is -0.250. The van der Waals surface area contributed by atoms with Gasteiger partial charge in [0, 0.05) is 6.04 Å². The number of hydrogen-bond donors (Lipinski definition) is 1. The maximum absolute atomic E-state index is 11.9. The van der Waals surface area contributed by atoms with Crippen LogP contribution in [0.25, 0.3) is 0 Å². The van der Waals surface area contributed by atoms with Gasteiger partial charge in [-0.05, 0) is 19.3 Å². The Kier molecular flexibility index (Phi) is 1.90. The molecule has 0 aromatic heterocycles. The van der Waals surface area contributed by atoms with E-state index >= 15 is 0 Å². The Morgan fingerprint density at radius 1 is 1.20 bits per heavy atom. The zero-order valence-corrected chi connectivity index (χ0v) is 5.49. The molecular weight excluding hydrogens is 143 g/mol. The molecule has 0 bridgehead atoms. The number of halogens is 3. The van der Waals surface area contributed by atoms with Crippen LogP contribution in [0.5, 0.6) is 0 Å². The topological polar surface area (TPSA) is 26.0 Å². The molecule has 1 aliphatic rings. The van der Waals surface area contributed by atoms with E-state index in [9.17, 15) is 13.2 Å². The van der Waals surface area contributed by atoms with Crippen molar-refractivity contribution in [1.82, 2.24) is 0 Å². The van der Waals surface area contributed by atoms with Crippen molar-refractivity contribution in [2.75, 3.05) is 0 Å². The van der Waals surface area contributed by atoms with Gasteiger partial charge in [-0.15, -0.1) is 0 Å². The van der Waals surface area contributed by atoms with Gasteiger partial charge in [0.25, 0.3) is 0 Å². The number of hydrogen-bond acceptors (Lipinski definition) is 1. The van der Waals surface area contributed by atoms with E-state index < -0.39 is 12.1 Å².